The van der Waals surface area contributed by atoms with E-state index in [4.69, 9.17) is 14.6 Å². The summed E-state index contributed by atoms with van der Waals surface area (Å²) in [7, 11) is -2.59. The van der Waals surface area contributed by atoms with Gasteiger partial charge in [0, 0.05) is 6.04 Å². The number of benzene rings is 1. The Bertz CT molecular complexity index is 729. The second-order valence-corrected chi connectivity index (χ2v) is 7.27. The molecule has 2 N–H and O–H groups in total. The molecule has 2 atom stereocenters. The van der Waals surface area contributed by atoms with Crippen molar-refractivity contribution in [1.29, 1.82) is 0 Å². The van der Waals surface area contributed by atoms with Crippen LogP contribution in [0.5, 0.6) is 0 Å². The highest BCUT2D eigenvalue weighted by Gasteiger charge is 2.43. The van der Waals surface area contributed by atoms with Crippen molar-refractivity contribution >= 4 is 21.9 Å². The quantitative estimate of drug-likeness (QED) is 0.770. The standard InChI is InChI=1S/C15H20N2O6S/c1-9(2)17-12(18)8-23-14(15(19)22-3)13(17)10-4-6-11(7-5-10)24(16,20)21/h4-7,9,13-14H,8H2,1-3H3,(H2,16,20,21)/t13-,14+/m0/s1. The summed E-state index contributed by atoms with van der Waals surface area (Å²) in [6.07, 6.45) is -0.990. The number of hydrogen-bond acceptors (Lipinski definition) is 6. The Hall–Kier alpha value is -1.97. The Balaban J connectivity index is 2.49. The molecule has 24 heavy (non-hydrogen) atoms. The Morgan fingerprint density at radius 3 is 2.38 bits per heavy atom. The summed E-state index contributed by atoms with van der Waals surface area (Å²) < 4.78 is 32.9. The molecule has 1 amide bonds. The molecule has 1 aliphatic heterocycles. The van der Waals surface area contributed by atoms with E-state index in [1.807, 2.05) is 13.8 Å². The predicted octanol–water partition coefficient (Wildman–Crippen LogP) is 0.184. The first kappa shape index (κ1) is 18.4. The zero-order chi connectivity index (χ0) is 18.1. The van der Waals surface area contributed by atoms with Gasteiger partial charge in [-0.1, -0.05) is 12.1 Å². The monoisotopic (exact) mass is 356 g/mol. The third-order valence-corrected chi connectivity index (χ3v) is 4.73. The van der Waals surface area contributed by atoms with Crippen LogP contribution in [-0.4, -0.2) is 51.1 Å². The number of methoxy groups -OCH3 is 1. The number of rotatable bonds is 4. The van der Waals surface area contributed by atoms with Crippen molar-refractivity contribution in [2.45, 2.75) is 36.9 Å². The number of hydrogen-bond donors (Lipinski definition) is 1. The van der Waals surface area contributed by atoms with Gasteiger partial charge in [-0.3, -0.25) is 4.79 Å². The van der Waals surface area contributed by atoms with Crippen LogP contribution in [0.1, 0.15) is 25.5 Å². The highest BCUT2D eigenvalue weighted by Crippen LogP contribution is 2.33. The molecular weight excluding hydrogens is 336 g/mol. The number of nitrogens with zero attached hydrogens (tertiary/aromatic N) is 1. The van der Waals surface area contributed by atoms with Gasteiger partial charge in [0.05, 0.1) is 18.0 Å². The molecule has 0 saturated carbocycles. The van der Waals surface area contributed by atoms with Crippen molar-refractivity contribution < 1.29 is 27.5 Å². The molecule has 0 bridgehead atoms. The Morgan fingerprint density at radius 1 is 1.33 bits per heavy atom. The van der Waals surface area contributed by atoms with Crippen molar-refractivity contribution in [2.24, 2.45) is 5.14 Å². The summed E-state index contributed by atoms with van der Waals surface area (Å²) in [5.74, 6) is -0.862. The molecule has 1 heterocycles. The Kier molecular flexibility index (Phi) is 5.26. The zero-order valence-electron chi connectivity index (χ0n) is 13.6. The molecule has 0 aliphatic carbocycles. The zero-order valence-corrected chi connectivity index (χ0v) is 14.4. The van der Waals surface area contributed by atoms with Crippen molar-refractivity contribution in [1.82, 2.24) is 4.90 Å². The van der Waals surface area contributed by atoms with E-state index in [9.17, 15) is 18.0 Å². The van der Waals surface area contributed by atoms with Crippen LogP contribution in [0, 0.1) is 0 Å². The SMILES string of the molecule is COC(=O)[C@@H]1OCC(=O)N(C(C)C)[C@H]1c1ccc(S(N)(=O)=O)cc1. The molecule has 0 aromatic heterocycles. The molecule has 1 aliphatic rings. The molecule has 0 radical (unpaired) electrons. The molecule has 1 fully saturated rings. The number of primary sulfonamides is 1. The number of carbonyl (C=O) groups excluding carboxylic acids is 2. The van der Waals surface area contributed by atoms with Crippen LogP contribution in [0.2, 0.25) is 0 Å². The summed E-state index contributed by atoms with van der Waals surface area (Å²) in [5.41, 5.74) is 0.555. The summed E-state index contributed by atoms with van der Waals surface area (Å²) in [4.78, 5) is 25.8. The third-order valence-electron chi connectivity index (χ3n) is 3.80. The van der Waals surface area contributed by atoms with Gasteiger partial charge in [0.2, 0.25) is 15.9 Å². The van der Waals surface area contributed by atoms with Gasteiger partial charge in [0.25, 0.3) is 0 Å². The van der Waals surface area contributed by atoms with Crippen molar-refractivity contribution in [3.05, 3.63) is 29.8 Å². The van der Waals surface area contributed by atoms with E-state index in [1.54, 1.807) is 0 Å². The maximum atomic E-state index is 12.2. The normalized spacial score (nSPS) is 21.9. The van der Waals surface area contributed by atoms with Gasteiger partial charge in [-0.05, 0) is 31.5 Å². The molecule has 2 rings (SSSR count). The van der Waals surface area contributed by atoms with E-state index in [-0.39, 0.29) is 23.5 Å². The van der Waals surface area contributed by atoms with Crippen LogP contribution in [0.25, 0.3) is 0 Å². The first-order valence-corrected chi connectivity index (χ1v) is 8.84. The van der Waals surface area contributed by atoms with Gasteiger partial charge >= 0.3 is 5.97 Å². The lowest BCUT2D eigenvalue weighted by atomic mass is 9.96. The van der Waals surface area contributed by atoms with Crippen LogP contribution in [0.3, 0.4) is 0 Å². The molecule has 8 nitrogen and oxygen atoms in total. The lowest BCUT2D eigenvalue weighted by Crippen LogP contribution is -2.54. The topological polar surface area (TPSA) is 116 Å². The number of carbonyl (C=O) groups is 2. The predicted molar refractivity (Wildman–Crippen MR) is 84.3 cm³/mol. The van der Waals surface area contributed by atoms with Gasteiger partial charge in [-0.2, -0.15) is 0 Å². The average molecular weight is 356 g/mol. The molecule has 1 aromatic rings. The second-order valence-electron chi connectivity index (χ2n) is 5.71. The van der Waals surface area contributed by atoms with Gasteiger partial charge < -0.3 is 14.4 Å². The number of morpholine rings is 1. The van der Waals surface area contributed by atoms with Crippen LogP contribution in [0.4, 0.5) is 0 Å². The first-order chi connectivity index (χ1) is 11.2. The summed E-state index contributed by atoms with van der Waals surface area (Å²) >= 11 is 0. The number of nitrogens with two attached hydrogens (primary N) is 1. The van der Waals surface area contributed by atoms with Crippen LogP contribution < -0.4 is 5.14 Å². The molecular formula is C15H20N2O6S. The van der Waals surface area contributed by atoms with Crippen LogP contribution >= 0.6 is 0 Å². The minimum Gasteiger partial charge on any atom is -0.467 e. The van der Waals surface area contributed by atoms with E-state index in [1.165, 1.54) is 36.3 Å². The van der Waals surface area contributed by atoms with E-state index < -0.39 is 28.1 Å². The largest absolute Gasteiger partial charge is 0.467 e. The summed E-state index contributed by atoms with van der Waals surface area (Å²) in [6.45, 7) is 3.43. The van der Waals surface area contributed by atoms with Crippen LogP contribution in [-0.2, 0) is 29.1 Å². The fourth-order valence-corrected chi connectivity index (χ4v) is 3.26. The smallest absolute Gasteiger partial charge is 0.337 e. The molecule has 0 unspecified atom stereocenters. The van der Waals surface area contributed by atoms with Crippen molar-refractivity contribution in [3.63, 3.8) is 0 Å². The lowest BCUT2D eigenvalue weighted by Gasteiger charge is -2.42. The Labute approximate surface area is 140 Å². The lowest BCUT2D eigenvalue weighted by molar-refractivity contribution is -0.177. The van der Waals surface area contributed by atoms with E-state index >= 15 is 0 Å². The minimum atomic E-state index is -3.83. The van der Waals surface area contributed by atoms with Gasteiger partial charge in [0.15, 0.2) is 6.10 Å². The third kappa shape index (κ3) is 3.58. The molecule has 132 valence electrons. The van der Waals surface area contributed by atoms with Gasteiger partial charge in [-0.25, -0.2) is 18.4 Å². The van der Waals surface area contributed by atoms with Crippen molar-refractivity contribution in [2.75, 3.05) is 13.7 Å². The van der Waals surface area contributed by atoms with Gasteiger partial charge in [0.1, 0.15) is 6.61 Å². The van der Waals surface area contributed by atoms with Gasteiger partial charge in [-0.15, -0.1) is 0 Å². The minimum absolute atomic E-state index is 0.0555. The average Bonchev–Trinajstić information content (AvgIpc) is 2.52. The molecule has 9 heteroatoms. The van der Waals surface area contributed by atoms with E-state index in [0.717, 1.165) is 0 Å². The maximum Gasteiger partial charge on any atom is 0.337 e. The van der Waals surface area contributed by atoms with Crippen molar-refractivity contribution in [3.8, 4) is 0 Å². The van der Waals surface area contributed by atoms with Crippen LogP contribution in [0.15, 0.2) is 29.2 Å². The molecule has 1 aromatic carbocycles. The highest BCUT2D eigenvalue weighted by molar-refractivity contribution is 7.89. The fraction of sp³-hybridized carbons (Fsp3) is 0.467. The maximum absolute atomic E-state index is 12.2. The molecule has 0 spiro atoms. The highest BCUT2D eigenvalue weighted by atomic mass is 32.2. The fourth-order valence-electron chi connectivity index (χ4n) is 2.74. The van der Waals surface area contributed by atoms with E-state index in [0.29, 0.717) is 5.56 Å². The summed E-state index contributed by atoms with van der Waals surface area (Å²) in [5, 5.41) is 5.09. The number of amides is 1. The number of ether oxygens (including phenoxy) is 2. The Morgan fingerprint density at radius 2 is 1.92 bits per heavy atom. The second kappa shape index (κ2) is 6.88. The first-order valence-electron chi connectivity index (χ1n) is 7.30. The molecule has 1 saturated heterocycles. The number of esters is 1. The van der Waals surface area contributed by atoms with E-state index in [2.05, 4.69) is 0 Å². The summed E-state index contributed by atoms with van der Waals surface area (Å²) in [6, 6.07) is 4.78. The number of sulfonamides is 1.